The maximum absolute atomic E-state index is 13.1. The van der Waals surface area contributed by atoms with Crippen molar-refractivity contribution >= 4 is 22.4 Å². The van der Waals surface area contributed by atoms with Crippen LogP contribution in [0.2, 0.25) is 0 Å². The quantitative estimate of drug-likeness (QED) is 0.818. The summed E-state index contributed by atoms with van der Waals surface area (Å²) >= 11 is 0. The summed E-state index contributed by atoms with van der Waals surface area (Å²) in [6.45, 7) is 0.202. The minimum Gasteiger partial charge on any atom is -0.395 e. The second-order valence-corrected chi connectivity index (χ2v) is 10.2. The lowest BCUT2D eigenvalue weighted by Gasteiger charge is -2.59. The van der Waals surface area contributed by atoms with E-state index < -0.39 is 0 Å². The van der Waals surface area contributed by atoms with Gasteiger partial charge >= 0.3 is 0 Å². The fraction of sp³-hybridized carbons (Fsp3) is 0.583. The first kappa shape index (κ1) is 17.7. The van der Waals surface area contributed by atoms with E-state index in [1.54, 1.807) is 12.3 Å². The smallest absolute Gasteiger partial charge is 0.258 e. The molecule has 5 heteroatoms. The van der Waals surface area contributed by atoms with E-state index in [1.165, 1.54) is 43.1 Å². The van der Waals surface area contributed by atoms with Crippen LogP contribution in [-0.4, -0.2) is 22.2 Å². The normalized spacial score (nSPS) is 36.2. The van der Waals surface area contributed by atoms with Crippen molar-refractivity contribution in [3.63, 3.8) is 0 Å². The Morgan fingerprint density at radius 1 is 1.10 bits per heavy atom. The average molecular weight is 392 g/mol. The number of aliphatic hydroxyl groups is 1. The molecule has 0 saturated heterocycles. The number of pyridine rings is 1. The third-order valence-corrected chi connectivity index (χ3v) is 8.88. The summed E-state index contributed by atoms with van der Waals surface area (Å²) in [7, 11) is 0. The van der Waals surface area contributed by atoms with Crippen molar-refractivity contribution in [2.45, 2.75) is 51.5 Å². The molecule has 5 unspecified atom stereocenters. The standard InChI is InChI=1S/C24H28N2O3/c27-7-6-26-5-4-18-19(22(26)29)2-1-3-20(18)25-21(28)14-23-10-16-8-15-9-17(13-23)24(23,11-15)12-16/h1-5,15-17,27H,6-14H2,(H,25,28). The van der Waals surface area contributed by atoms with Crippen molar-refractivity contribution in [3.05, 3.63) is 40.8 Å². The van der Waals surface area contributed by atoms with Crippen molar-refractivity contribution in [1.29, 1.82) is 0 Å². The van der Waals surface area contributed by atoms with Crippen molar-refractivity contribution < 1.29 is 9.90 Å². The fourth-order valence-electron chi connectivity index (χ4n) is 8.11. The SMILES string of the molecule is O=C(CC12CC3CC4CC(C1)C2(C4)C3)Nc1cccc2c(=O)n(CCO)ccc12. The molecule has 4 fully saturated rings. The van der Waals surface area contributed by atoms with Crippen molar-refractivity contribution in [2.24, 2.45) is 28.6 Å². The number of carbonyl (C=O) groups excluding carboxylic acids is 1. The zero-order valence-corrected chi connectivity index (χ0v) is 16.7. The molecule has 4 aliphatic rings. The largest absolute Gasteiger partial charge is 0.395 e. The summed E-state index contributed by atoms with van der Waals surface area (Å²) < 4.78 is 1.51. The van der Waals surface area contributed by atoms with Gasteiger partial charge in [0.1, 0.15) is 0 Å². The number of hydrogen-bond donors (Lipinski definition) is 2. The molecule has 1 heterocycles. The molecule has 5 nitrogen and oxygen atoms in total. The van der Waals surface area contributed by atoms with Crippen molar-refractivity contribution in [1.82, 2.24) is 4.57 Å². The number of hydrogen-bond acceptors (Lipinski definition) is 3. The molecule has 29 heavy (non-hydrogen) atoms. The van der Waals surface area contributed by atoms with Gasteiger partial charge in [-0.25, -0.2) is 0 Å². The van der Waals surface area contributed by atoms with Crippen LogP contribution in [0.25, 0.3) is 10.8 Å². The molecule has 1 aromatic heterocycles. The molecule has 1 amide bonds. The molecule has 0 aliphatic heterocycles. The minimum atomic E-state index is -0.131. The van der Waals surface area contributed by atoms with Crippen LogP contribution < -0.4 is 10.9 Å². The molecule has 4 aliphatic carbocycles. The molecule has 6 rings (SSSR count). The summed E-state index contributed by atoms with van der Waals surface area (Å²) in [4.78, 5) is 25.8. The molecular formula is C24H28N2O3. The summed E-state index contributed by atoms with van der Waals surface area (Å²) in [6, 6.07) is 7.36. The highest BCUT2D eigenvalue weighted by Gasteiger charge is 2.74. The summed E-state index contributed by atoms with van der Waals surface area (Å²) in [5.74, 6) is 2.73. The fourth-order valence-corrected chi connectivity index (χ4v) is 8.11. The van der Waals surface area contributed by atoms with Gasteiger partial charge in [-0.3, -0.25) is 9.59 Å². The number of aliphatic hydroxyl groups excluding tert-OH is 1. The molecule has 2 N–H and O–H groups in total. The maximum Gasteiger partial charge on any atom is 0.258 e. The third kappa shape index (κ3) is 2.31. The van der Waals surface area contributed by atoms with Gasteiger partial charge < -0.3 is 15.0 Å². The van der Waals surface area contributed by atoms with Gasteiger partial charge in [-0.05, 0) is 85.3 Å². The van der Waals surface area contributed by atoms with Crippen LogP contribution in [0.1, 0.15) is 44.9 Å². The molecule has 0 radical (unpaired) electrons. The number of fused-ring (bicyclic) bond motifs is 3. The number of aromatic nitrogens is 1. The first-order valence-electron chi connectivity index (χ1n) is 11.1. The van der Waals surface area contributed by atoms with Crippen LogP contribution in [0.5, 0.6) is 0 Å². The van der Waals surface area contributed by atoms with Crippen LogP contribution >= 0.6 is 0 Å². The Hall–Kier alpha value is -2.14. The number of rotatable bonds is 5. The number of benzene rings is 1. The lowest BCUT2D eigenvalue weighted by Crippen LogP contribution is -2.53. The van der Waals surface area contributed by atoms with E-state index in [1.807, 2.05) is 18.2 Å². The zero-order valence-electron chi connectivity index (χ0n) is 16.7. The Labute approximate surface area is 170 Å². The third-order valence-electron chi connectivity index (χ3n) is 8.88. The number of carbonyl (C=O) groups is 1. The monoisotopic (exact) mass is 392 g/mol. The van der Waals surface area contributed by atoms with E-state index in [0.29, 0.717) is 17.2 Å². The van der Waals surface area contributed by atoms with Crippen LogP contribution in [0.4, 0.5) is 5.69 Å². The molecule has 3 bridgehead atoms. The molecule has 1 aromatic carbocycles. The lowest BCUT2D eigenvalue weighted by atomic mass is 9.45. The predicted octanol–water partition coefficient (Wildman–Crippen LogP) is 3.54. The van der Waals surface area contributed by atoms with Gasteiger partial charge in [-0.15, -0.1) is 0 Å². The van der Waals surface area contributed by atoms with Gasteiger partial charge in [0.2, 0.25) is 5.91 Å². The summed E-state index contributed by atoms with van der Waals surface area (Å²) in [5, 5.41) is 13.6. The first-order chi connectivity index (χ1) is 14.0. The van der Waals surface area contributed by atoms with E-state index in [4.69, 9.17) is 5.11 Å². The van der Waals surface area contributed by atoms with Crippen LogP contribution in [0.15, 0.2) is 35.3 Å². The average Bonchev–Trinajstić information content (AvgIpc) is 3.00. The van der Waals surface area contributed by atoms with Crippen molar-refractivity contribution in [2.75, 3.05) is 11.9 Å². The highest BCUT2D eigenvalue weighted by Crippen LogP contribution is 2.82. The van der Waals surface area contributed by atoms with E-state index in [2.05, 4.69) is 5.32 Å². The Kier molecular flexibility index (Phi) is 3.63. The van der Waals surface area contributed by atoms with Crippen LogP contribution in [-0.2, 0) is 11.3 Å². The van der Waals surface area contributed by atoms with Crippen LogP contribution in [0.3, 0.4) is 0 Å². The number of nitrogens with one attached hydrogen (secondary N) is 1. The van der Waals surface area contributed by atoms with Gasteiger partial charge in [0, 0.05) is 35.6 Å². The lowest BCUT2D eigenvalue weighted by molar-refractivity contribution is -0.136. The number of anilines is 1. The van der Waals surface area contributed by atoms with Gasteiger partial charge in [0.25, 0.3) is 5.56 Å². The van der Waals surface area contributed by atoms with Gasteiger partial charge in [0.15, 0.2) is 0 Å². The Morgan fingerprint density at radius 2 is 1.97 bits per heavy atom. The molecule has 2 aromatic rings. The highest BCUT2D eigenvalue weighted by molar-refractivity contribution is 6.02. The Morgan fingerprint density at radius 3 is 2.83 bits per heavy atom. The Bertz CT molecular complexity index is 1070. The first-order valence-corrected chi connectivity index (χ1v) is 11.1. The number of nitrogens with zero attached hydrogens (tertiary/aromatic N) is 1. The van der Waals surface area contributed by atoms with Gasteiger partial charge in [-0.2, -0.15) is 0 Å². The predicted molar refractivity (Wildman–Crippen MR) is 112 cm³/mol. The second kappa shape index (κ2) is 5.94. The van der Waals surface area contributed by atoms with Crippen molar-refractivity contribution in [3.8, 4) is 0 Å². The molecule has 4 saturated carbocycles. The molecule has 5 atom stereocenters. The van der Waals surface area contributed by atoms with E-state index >= 15 is 0 Å². The highest BCUT2D eigenvalue weighted by atomic mass is 16.3. The Balaban J connectivity index is 1.27. The molecule has 152 valence electrons. The maximum atomic E-state index is 13.1. The topological polar surface area (TPSA) is 71.3 Å². The van der Waals surface area contributed by atoms with Gasteiger partial charge in [-0.1, -0.05) is 6.07 Å². The second-order valence-electron chi connectivity index (χ2n) is 10.2. The molecular weight excluding hydrogens is 364 g/mol. The summed E-state index contributed by atoms with van der Waals surface area (Å²) in [5.41, 5.74) is 1.29. The minimum absolute atomic E-state index is 0.0749. The van der Waals surface area contributed by atoms with E-state index in [-0.39, 0.29) is 30.0 Å². The number of amides is 1. The summed E-state index contributed by atoms with van der Waals surface area (Å²) in [6.07, 6.45) is 10.3. The zero-order chi connectivity index (χ0) is 19.8. The van der Waals surface area contributed by atoms with Gasteiger partial charge in [0.05, 0.1) is 6.61 Å². The van der Waals surface area contributed by atoms with E-state index in [0.717, 1.165) is 28.8 Å². The van der Waals surface area contributed by atoms with Crippen LogP contribution in [0, 0.1) is 28.6 Å². The van der Waals surface area contributed by atoms with E-state index in [9.17, 15) is 9.59 Å². The molecule has 1 spiro atoms.